The molecule has 23 heavy (non-hydrogen) atoms. The Kier molecular flexibility index (Phi) is 4.94. The topological polar surface area (TPSA) is 45.2 Å². The zero-order valence-corrected chi connectivity index (χ0v) is 13.9. The monoisotopic (exact) mass is 329 g/mol. The van der Waals surface area contributed by atoms with Crippen LogP contribution < -0.4 is 10.2 Å². The summed E-state index contributed by atoms with van der Waals surface area (Å²) in [5.74, 6) is 0.214. The lowest BCUT2D eigenvalue weighted by atomic mass is 10.1. The number of aromatic nitrogens is 1. The molecular formula is C18H20ClN3O. The highest BCUT2D eigenvalue weighted by atomic mass is 35.5. The first-order chi connectivity index (χ1) is 11.1. The van der Waals surface area contributed by atoms with Crippen LogP contribution in [-0.4, -0.2) is 17.4 Å². The number of amides is 1. The molecule has 3 rings (SSSR count). The molecule has 1 aromatic heterocycles. The second-order valence-electron chi connectivity index (χ2n) is 5.81. The van der Waals surface area contributed by atoms with Gasteiger partial charge in [0.2, 0.25) is 5.91 Å². The summed E-state index contributed by atoms with van der Waals surface area (Å²) in [7, 11) is 0. The van der Waals surface area contributed by atoms with Crippen molar-refractivity contribution in [2.75, 3.05) is 11.4 Å². The normalized spacial score (nSPS) is 15.9. The average molecular weight is 330 g/mol. The Morgan fingerprint density at radius 3 is 3.00 bits per heavy atom. The highest BCUT2D eigenvalue weighted by Crippen LogP contribution is 2.25. The Morgan fingerprint density at radius 2 is 2.26 bits per heavy atom. The third-order valence-electron chi connectivity index (χ3n) is 4.21. The van der Waals surface area contributed by atoms with Crippen LogP contribution in [0.4, 0.5) is 5.69 Å². The van der Waals surface area contributed by atoms with Gasteiger partial charge in [0.15, 0.2) is 0 Å². The Morgan fingerprint density at radius 1 is 1.39 bits per heavy atom. The molecule has 0 radical (unpaired) electrons. The molecule has 1 amide bonds. The zero-order valence-electron chi connectivity index (χ0n) is 13.1. The first-order valence-electron chi connectivity index (χ1n) is 7.87. The van der Waals surface area contributed by atoms with Crippen LogP contribution in [-0.2, 0) is 11.3 Å². The van der Waals surface area contributed by atoms with E-state index in [0.717, 1.165) is 29.8 Å². The molecule has 2 heterocycles. The van der Waals surface area contributed by atoms with Crippen LogP contribution in [0.5, 0.6) is 0 Å². The van der Waals surface area contributed by atoms with Gasteiger partial charge in [-0.3, -0.25) is 9.78 Å². The molecule has 1 saturated heterocycles. The molecule has 0 saturated carbocycles. The molecule has 1 atom stereocenters. The van der Waals surface area contributed by atoms with E-state index in [-0.39, 0.29) is 11.9 Å². The number of benzene rings is 1. The number of carbonyl (C=O) groups is 1. The third kappa shape index (κ3) is 3.71. The van der Waals surface area contributed by atoms with Crippen LogP contribution in [0.3, 0.4) is 0 Å². The van der Waals surface area contributed by atoms with Crippen molar-refractivity contribution < 1.29 is 4.79 Å². The van der Waals surface area contributed by atoms with Crippen LogP contribution in [0.15, 0.2) is 42.7 Å². The smallest absolute Gasteiger partial charge is 0.227 e. The maximum Gasteiger partial charge on any atom is 0.227 e. The summed E-state index contributed by atoms with van der Waals surface area (Å²) < 4.78 is 0. The van der Waals surface area contributed by atoms with Crippen molar-refractivity contribution in [1.29, 1.82) is 0 Å². The first kappa shape index (κ1) is 16.0. The van der Waals surface area contributed by atoms with Crippen molar-refractivity contribution in [3.63, 3.8) is 0 Å². The van der Waals surface area contributed by atoms with E-state index < -0.39 is 0 Å². The molecule has 0 bridgehead atoms. The van der Waals surface area contributed by atoms with E-state index in [1.807, 2.05) is 23.1 Å². The van der Waals surface area contributed by atoms with Gasteiger partial charge in [0.05, 0.1) is 5.02 Å². The summed E-state index contributed by atoms with van der Waals surface area (Å²) in [5, 5.41) is 4.14. The van der Waals surface area contributed by atoms with Crippen molar-refractivity contribution in [2.45, 2.75) is 32.4 Å². The van der Waals surface area contributed by atoms with Gasteiger partial charge < -0.3 is 10.2 Å². The van der Waals surface area contributed by atoms with Gasteiger partial charge in [-0.2, -0.15) is 0 Å². The Bertz CT molecular complexity index is 704. The third-order valence-corrected chi connectivity index (χ3v) is 4.55. The lowest BCUT2D eigenvalue weighted by Crippen LogP contribution is -2.24. The molecule has 0 aliphatic carbocycles. The van der Waals surface area contributed by atoms with Gasteiger partial charge in [0.25, 0.3) is 0 Å². The molecular weight excluding hydrogens is 310 g/mol. The van der Waals surface area contributed by atoms with E-state index in [4.69, 9.17) is 11.6 Å². The number of nitrogens with one attached hydrogen (secondary N) is 1. The van der Waals surface area contributed by atoms with Gasteiger partial charge in [-0.15, -0.1) is 0 Å². The number of anilines is 1. The zero-order chi connectivity index (χ0) is 16.2. The summed E-state index contributed by atoms with van der Waals surface area (Å²) >= 11 is 6.13. The molecule has 2 aromatic rings. The van der Waals surface area contributed by atoms with Gasteiger partial charge in [0, 0.05) is 43.6 Å². The van der Waals surface area contributed by atoms with Crippen LogP contribution in [0.25, 0.3) is 0 Å². The SMILES string of the molecule is C[C@H](NCc1ccncc1Cl)c1cccc(N2CCCC2=O)c1. The Balaban J connectivity index is 1.69. The minimum Gasteiger partial charge on any atom is -0.312 e. The quantitative estimate of drug-likeness (QED) is 0.909. The second-order valence-corrected chi connectivity index (χ2v) is 6.22. The predicted molar refractivity (Wildman–Crippen MR) is 92.5 cm³/mol. The van der Waals surface area contributed by atoms with Crippen LogP contribution in [0, 0.1) is 0 Å². The molecule has 1 aliphatic rings. The summed E-state index contributed by atoms with van der Waals surface area (Å²) in [6.07, 6.45) is 4.99. The van der Waals surface area contributed by atoms with Gasteiger partial charge >= 0.3 is 0 Å². The minimum absolute atomic E-state index is 0.164. The summed E-state index contributed by atoms with van der Waals surface area (Å²) in [6, 6.07) is 10.3. The van der Waals surface area contributed by atoms with E-state index >= 15 is 0 Å². The van der Waals surface area contributed by atoms with E-state index in [1.165, 1.54) is 0 Å². The Hall–Kier alpha value is -1.91. The Labute approximate surface area is 141 Å². The lowest BCUT2D eigenvalue weighted by molar-refractivity contribution is -0.117. The van der Waals surface area contributed by atoms with Gasteiger partial charge in [-0.05, 0) is 42.7 Å². The van der Waals surface area contributed by atoms with E-state index in [2.05, 4.69) is 29.4 Å². The lowest BCUT2D eigenvalue weighted by Gasteiger charge is -2.19. The van der Waals surface area contributed by atoms with Crippen molar-refractivity contribution in [2.24, 2.45) is 0 Å². The number of carbonyl (C=O) groups excluding carboxylic acids is 1. The fourth-order valence-electron chi connectivity index (χ4n) is 2.81. The maximum absolute atomic E-state index is 11.9. The van der Waals surface area contributed by atoms with Crippen molar-refractivity contribution in [1.82, 2.24) is 10.3 Å². The molecule has 5 heteroatoms. The number of halogens is 1. The highest BCUT2D eigenvalue weighted by Gasteiger charge is 2.22. The van der Waals surface area contributed by atoms with Crippen LogP contribution in [0.2, 0.25) is 5.02 Å². The summed E-state index contributed by atoms with van der Waals surface area (Å²) in [5.41, 5.74) is 3.17. The number of hydrogen-bond donors (Lipinski definition) is 1. The van der Waals surface area contributed by atoms with E-state index in [0.29, 0.717) is 18.0 Å². The molecule has 1 fully saturated rings. The highest BCUT2D eigenvalue weighted by molar-refractivity contribution is 6.31. The van der Waals surface area contributed by atoms with Crippen LogP contribution >= 0.6 is 11.6 Å². The van der Waals surface area contributed by atoms with E-state index in [9.17, 15) is 4.79 Å². The van der Waals surface area contributed by atoms with Crippen LogP contribution in [0.1, 0.15) is 36.9 Å². The largest absolute Gasteiger partial charge is 0.312 e. The van der Waals surface area contributed by atoms with Crippen molar-refractivity contribution in [3.05, 3.63) is 58.9 Å². The number of nitrogens with zero attached hydrogens (tertiary/aromatic N) is 2. The molecule has 120 valence electrons. The van der Waals surface area contributed by atoms with Gasteiger partial charge in [-0.1, -0.05) is 23.7 Å². The number of hydrogen-bond acceptors (Lipinski definition) is 3. The van der Waals surface area contributed by atoms with E-state index in [1.54, 1.807) is 12.4 Å². The van der Waals surface area contributed by atoms with Gasteiger partial charge in [0.1, 0.15) is 0 Å². The molecule has 1 aromatic carbocycles. The first-order valence-corrected chi connectivity index (χ1v) is 8.25. The van der Waals surface area contributed by atoms with Crippen molar-refractivity contribution in [3.8, 4) is 0 Å². The number of pyridine rings is 1. The van der Waals surface area contributed by atoms with Gasteiger partial charge in [-0.25, -0.2) is 0 Å². The minimum atomic E-state index is 0.164. The average Bonchev–Trinajstić information content (AvgIpc) is 3.00. The standard InChI is InChI=1S/C18H20ClN3O/c1-13(21-11-15-7-8-20-12-17(15)19)14-4-2-5-16(10-14)22-9-3-6-18(22)23/h2,4-5,7-8,10,12-13,21H,3,6,9,11H2,1H3/t13-/m0/s1. The molecule has 0 unspecified atom stereocenters. The molecule has 1 aliphatic heterocycles. The molecule has 1 N–H and O–H groups in total. The molecule has 4 nitrogen and oxygen atoms in total. The summed E-state index contributed by atoms with van der Waals surface area (Å²) in [6.45, 7) is 3.60. The summed E-state index contributed by atoms with van der Waals surface area (Å²) in [4.78, 5) is 17.8. The fraction of sp³-hybridized carbons (Fsp3) is 0.333. The maximum atomic E-state index is 11.9. The van der Waals surface area contributed by atoms with Crippen molar-refractivity contribution >= 4 is 23.2 Å². The second kappa shape index (κ2) is 7.11. The fourth-order valence-corrected chi connectivity index (χ4v) is 3.00. The molecule has 0 spiro atoms. The predicted octanol–water partition coefficient (Wildman–Crippen LogP) is 3.71. The number of rotatable bonds is 5.